The minimum atomic E-state index is -0.687. The van der Waals surface area contributed by atoms with Crippen molar-refractivity contribution in [2.45, 2.75) is 19.4 Å². The number of nitrogens with one attached hydrogen (secondary N) is 2. The lowest BCUT2D eigenvalue weighted by Crippen LogP contribution is -2.35. The van der Waals surface area contributed by atoms with Crippen molar-refractivity contribution in [1.82, 2.24) is 9.55 Å². The highest BCUT2D eigenvalue weighted by Crippen LogP contribution is 2.32. The highest BCUT2D eigenvalue weighted by molar-refractivity contribution is 6.33. The summed E-state index contributed by atoms with van der Waals surface area (Å²) in [6.07, 6.45) is 0.0443. The van der Waals surface area contributed by atoms with Gasteiger partial charge in [0.25, 0.3) is 0 Å². The van der Waals surface area contributed by atoms with E-state index in [2.05, 4.69) is 15.6 Å². The molecule has 1 aromatic heterocycles. The zero-order chi connectivity index (χ0) is 17.6. The van der Waals surface area contributed by atoms with Crippen LogP contribution in [0.1, 0.15) is 18.0 Å². The number of amides is 2. The standard InChI is InChI=1S/C18H15ClN4O2/c1-10-6-7-12(11(19)8-10)20-17(25)15-9-16(24)22-18-21-13-4-2-3-5-14(13)23(15)18/h2-8,15H,9H2,1H3,(H,20,25)(H,21,22,24)/t15-/m1/s1. The molecule has 1 aliphatic rings. The van der Waals surface area contributed by atoms with E-state index in [9.17, 15) is 9.59 Å². The van der Waals surface area contributed by atoms with Crippen LogP contribution in [0.5, 0.6) is 0 Å². The molecule has 0 fully saturated rings. The van der Waals surface area contributed by atoms with Crippen LogP contribution < -0.4 is 10.6 Å². The van der Waals surface area contributed by atoms with Gasteiger partial charge in [-0.3, -0.25) is 19.5 Å². The van der Waals surface area contributed by atoms with Gasteiger partial charge in [-0.1, -0.05) is 29.8 Å². The molecule has 0 unspecified atom stereocenters. The Kier molecular flexibility index (Phi) is 3.69. The molecule has 2 heterocycles. The smallest absolute Gasteiger partial charge is 0.248 e. The molecule has 0 radical (unpaired) electrons. The zero-order valence-corrected chi connectivity index (χ0v) is 14.2. The molecule has 2 amide bonds. The SMILES string of the molecule is Cc1ccc(NC(=O)[C@H]2CC(=O)Nc3nc4ccccc4n32)c(Cl)c1. The van der Waals surface area contributed by atoms with Gasteiger partial charge < -0.3 is 5.32 Å². The van der Waals surface area contributed by atoms with Gasteiger partial charge in [0.15, 0.2) is 0 Å². The molecule has 2 N–H and O–H groups in total. The fourth-order valence-corrected chi connectivity index (χ4v) is 3.32. The summed E-state index contributed by atoms with van der Waals surface area (Å²) in [4.78, 5) is 29.3. The van der Waals surface area contributed by atoms with Crippen LogP contribution in [-0.2, 0) is 9.59 Å². The van der Waals surface area contributed by atoms with Crippen LogP contribution in [0.4, 0.5) is 11.6 Å². The van der Waals surface area contributed by atoms with Gasteiger partial charge in [-0.15, -0.1) is 0 Å². The highest BCUT2D eigenvalue weighted by Gasteiger charge is 2.33. The van der Waals surface area contributed by atoms with E-state index < -0.39 is 6.04 Å². The van der Waals surface area contributed by atoms with Gasteiger partial charge in [0, 0.05) is 0 Å². The normalized spacial score (nSPS) is 16.4. The van der Waals surface area contributed by atoms with Crippen molar-refractivity contribution in [3.05, 3.63) is 53.1 Å². The Labute approximate surface area is 148 Å². The number of para-hydroxylation sites is 2. The molecule has 0 saturated carbocycles. The Morgan fingerprint density at radius 1 is 1.32 bits per heavy atom. The Morgan fingerprint density at radius 2 is 2.12 bits per heavy atom. The Bertz CT molecular complexity index is 1010. The van der Waals surface area contributed by atoms with Gasteiger partial charge in [-0.25, -0.2) is 4.98 Å². The second-order valence-electron chi connectivity index (χ2n) is 6.03. The van der Waals surface area contributed by atoms with E-state index in [-0.39, 0.29) is 18.2 Å². The van der Waals surface area contributed by atoms with Gasteiger partial charge in [-0.05, 0) is 36.8 Å². The summed E-state index contributed by atoms with van der Waals surface area (Å²) in [5.74, 6) is -0.157. The molecule has 0 bridgehead atoms. The fourth-order valence-electron chi connectivity index (χ4n) is 3.04. The van der Waals surface area contributed by atoms with Crippen LogP contribution >= 0.6 is 11.6 Å². The average Bonchev–Trinajstić information content (AvgIpc) is 2.94. The maximum absolute atomic E-state index is 12.9. The monoisotopic (exact) mass is 354 g/mol. The van der Waals surface area contributed by atoms with E-state index in [1.807, 2.05) is 37.3 Å². The quantitative estimate of drug-likeness (QED) is 0.739. The minimum Gasteiger partial charge on any atom is -0.323 e. The summed E-state index contributed by atoms with van der Waals surface area (Å²) >= 11 is 6.20. The lowest BCUT2D eigenvalue weighted by molar-refractivity contribution is -0.124. The largest absolute Gasteiger partial charge is 0.323 e. The molecular weight excluding hydrogens is 340 g/mol. The number of aromatic nitrogens is 2. The van der Waals surface area contributed by atoms with Crippen molar-refractivity contribution >= 4 is 46.1 Å². The molecule has 7 heteroatoms. The van der Waals surface area contributed by atoms with Crippen molar-refractivity contribution in [3.63, 3.8) is 0 Å². The van der Waals surface area contributed by atoms with E-state index >= 15 is 0 Å². The molecule has 25 heavy (non-hydrogen) atoms. The Balaban J connectivity index is 1.73. The Hall–Kier alpha value is -2.86. The fraction of sp³-hybridized carbons (Fsp3) is 0.167. The van der Waals surface area contributed by atoms with Gasteiger partial charge in [0.2, 0.25) is 17.8 Å². The number of carbonyl (C=O) groups is 2. The van der Waals surface area contributed by atoms with Gasteiger partial charge >= 0.3 is 0 Å². The predicted octanol–water partition coefficient (Wildman–Crippen LogP) is 3.52. The van der Waals surface area contributed by atoms with Crippen LogP contribution in [0.2, 0.25) is 5.02 Å². The third-order valence-corrected chi connectivity index (χ3v) is 4.54. The number of hydrogen-bond acceptors (Lipinski definition) is 3. The van der Waals surface area contributed by atoms with Crippen LogP contribution in [0, 0.1) is 6.92 Å². The van der Waals surface area contributed by atoms with Crippen molar-refractivity contribution in [3.8, 4) is 0 Å². The summed E-state index contributed by atoms with van der Waals surface area (Å²) in [7, 11) is 0. The average molecular weight is 355 g/mol. The van der Waals surface area contributed by atoms with E-state index in [1.165, 1.54) is 0 Å². The maximum atomic E-state index is 12.9. The number of imidazole rings is 1. The third kappa shape index (κ3) is 2.74. The first-order valence-electron chi connectivity index (χ1n) is 7.87. The molecule has 0 spiro atoms. The summed E-state index contributed by atoms with van der Waals surface area (Å²) in [5.41, 5.74) is 3.05. The molecule has 126 valence electrons. The number of aryl methyl sites for hydroxylation is 1. The third-order valence-electron chi connectivity index (χ3n) is 4.22. The first kappa shape index (κ1) is 15.7. The number of fused-ring (bicyclic) bond motifs is 3. The first-order valence-corrected chi connectivity index (χ1v) is 8.24. The second kappa shape index (κ2) is 5.89. The molecule has 3 aromatic rings. The van der Waals surface area contributed by atoms with E-state index in [1.54, 1.807) is 16.7 Å². The number of nitrogens with zero attached hydrogens (tertiary/aromatic N) is 2. The molecule has 2 aromatic carbocycles. The Morgan fingerprint density at radius 3 is 2.92 bits per heavy atom. The highest BCUT2D eigenvalue weighted by atomic mass is 35.5. The number of anilines is 2. The van der Waals surface area contributed by atoms with Gasteiger partial charge in [-0.2, -0.15) is 0 Å². The molecule has 0 saturated heterocycles. The number of halogens is 1. The molecule has 6 nitrogen and oxygen atoms in total. The van der Waals surface area contributed by atoms with Crippen LogP contribution in [0.3, 0.4) is 0 Å². The molecular formula is C18H15ClN4O2. The molecule has 0 aliphatic carbocycles. The lowest BCUT2D eigenvalue weighted by atomic mass is 10.1. The summed E-state index contributed by atoms with van der Waals surface area (Å²) in [6.45, 7) is 1.92. The van der Waals surface area contributed by atoms with Crippen LogP contribution in [0.25, 0.3) is 11.0 Å². The zero-order valence-electron chi connectivity index (χ0n) is 13.4. The van der Waals surface area contributed by atoms with Crippen molar-refractivity contribution < 1.29 is 9.59 Å². The summed E-state index contributed by atoms with van der Waals surface area (Å²) < 4.78 is 1.76. The first-order chi connectivity index (χ1) is 12.0. The second-order valence-corrected chi connectivity index (χ2v) is 6.44. The van der Waals surface area contributed by atoms with E-state index in [0.717, 1.165) is 16.6 Å². The van der Waals surface area contributed by atoms with Gasteiger partial charge in [0.1, 0.15) is 6.04 Å². The topological polar surface area (TPSA) is 76.0 Å². The van der Waals surface area contributed by atoms with Gasteiger partial charge in [0.05, 0.1) is 28.2 Å². The van der Waals surface area contributed by atoms with Crippen LogP contribution in [0.15, 0.2) is 42.5 Å². The van der Waals surface area contributed by atoms with Crippen molar-refractivity contribution in [1.29, 1.82) is 0 Å². The number of benzene rings is 2. The van der Waals surface area contributed by atoms with Crippen molar-refractivity contribution in [2.75, 3.05) is 10.6 Å². The molecule has 1 aliphatic heterocycles. The predicted molar refractivity (Wildman–Crippen MR) is 96.8 cm³/mol. The molecule has 1 atom stereocenters. The van der Waals surface area contributed by atoms with Crippen molar-refractivity contribution in [2.24, 2.45) is 0 Å². The van der Waals surface area contributed by atoms with E-state index in [0.29, 0.717) is 16.7 Å². The summed E-state index contributed by atoms with van der Waals surface area (Å²) in [5, 5.41) is 6.01. The number of hydrogen-bond donors (Lipinski definition) is 2. The maximum Gasteiger partial charge on any atom is 0.248 e. The minimum absolute atomic E-state index is 0.0443. The van der Waals surface area contributed by atoms with Crippen LogP contribution in [-0.4, -0.2) is 21.4 Å². The molecule has 4 rings (SSSR count). The number of carbonyl (C=O) groups excluding carboxylic acids is 2. The van der Waals surface area contributed by atoms with E-state index in [4.69, 9.17) is 11.6 Å². The summed E-state index contributed by atoms with van der Waals surface area (Å²) in [6, 6.07) is 12.2. The number of rotatable bonds is 2. The lowest BCUT2D eigenvalue weighted by Gasteiger charge is -2.25.